The molecule has 10 atom stereocenters. The molecule has 5 aromatic carbocycles. The fraction of sp³-hybridized carbons (Fsp3) is 0.519. The zero-order chi connectivity index (χ0) is 81.8. The van der Waals surface area contributed by atoms with Crippen molar-refractivity contribution in [3.8, 4) is 11.5 Å². The van der Waals surface area contributed by atoms with Crippen molar-refractivity contribution in [1.29, 1.82) is 0 Å². The number of fused-ring (bicyclic) bond motifs is 10. The molecule has 0 aromatic heterocycles. The van der Waals surface area contributed by atoms with Gasteiger partial charge < -0.3 is 89.0 Å². The Morgan fingerprint density at radius 3 is 1.57 bits per heavy atom. The van der Waals surface area contributed by atoms with Gasteiger partial charge >= 0.3 is 26.0 Å². The minimum Gasteiger partial charge on any atom is -0.445 e. The first kappa shape index (κ1) is 85.8. The molecule has 3 aliphatic heterocycles. The van der Waals surface area contributed by atoms with E-state index < -0.39 is 66.7 Å². The van der Waals surface area contributed by atoms with E-state index in [2.05, 4.69) is 21.3 Å². The van der Waals surface area contributed by atoms with Crippen LogP contribution in [0.3, 0.4) is 0 Å². The maximum absolute atomic E-state index is 15.5. The Balaban J connectivity index is 0.603. The summed E-state index contributed by atoms with van der Waals surface area (Å²) in [6, 6.07) is 21.3. The van der Waals surface area contributed by atoms with Gasteiger partial charge in [-0.05, 0) is 82.0 Å². The number of halogens is 2. The first-order valence-corrected chi connectivity index (χ1v) is 40.7. The molecule has 6 aliphatic rings. The lowest BCUT2D eigenvalue weighted by Gasteiger charge is -2.37. The van der Waals surface area contributed by atoms with Crippen molar-refractivity contribution in [2.75, 3.05) is 160 Å². The van der Waals surface area contributed by atoms with E-state index in [0.29, 0.717) is 91.6 Å². The molecule has 0 radical (unpaired) electrons. The summed E-state index contributed by atoms with van der Waals surface area (Å²) in [5.74, 6) is -4.06. The van der Waals surface area contributed by atoms with Crippen molar-refractivity contribution in [3.05, 3.63) is 114 Å². The summed E-state index contributed by atoms with van der Waals surface area (Å²) in [4.78, 5) is 161. The Kier molecular flexibility index (Phi) is 28.7. The van der Waals surface area contributed by atoms with Gasteiger partial charge in [-0.25, -0.2) is 18.9 Å². The number of nitrogens with two attached hydrogens (primary N) is 1. The lowest BCUT2D eigenvalue weighted by molar-refractivity contribution is -0.138. The number of hydrogen-bond acceptors (Lipinski definition) is 20. The van der Waals surface area contributed by atoms with Gasteiger partial charge in [0.2, 0.25) is 29.5 Å². The highest BCUT2D eigenvalue weighted by molar-refractivity contribution is 7.46. The highest BCUT2D eigenvalue weighted by Crippen LogP contribution is 2.97. The average Bonchev–Trinajstić information content (AvgIpc) is 1.39. The quantitative estimate of drug-likeness (QED) is 0.00881. The van der Waals surface area contributed by atoms with Crippen LogP contribution in [0.2, 0.25) is 0 Å². The van der Waals surface area contributed by atoms with E-state index in [9.17, 15) is 52.7 Å². The molecular formula is C79H99Cl2N10O22P. The summed E-state index contributed by atoms with van der Waals surface area (Å²) in [5.41, 5.74) is 7.08. The molecule has 0 spiro atoms. The number of nitrogens with zero attached hydrogens (tertiary/aromatic N) is 5. The number of primary amides is 1. The molecule has 114 heavy (non-hydrogen) atoms. The van der Waals surface area contributed by atoms with Crippen LogP contribution < -0.4 is 46.1 Å². The molecule has 11 amide bonds. The van der Waals surface area contributed by atoms with Gasteiger partial charge in [-0.1, -0.05) is 88.4 Å². The number of phosphoric ester groups is 1. The number of imide groups is 1. The van der Waals surface area contributed by atoms with Crippen molar-refractivity contribution in [3.63, 3.8) is 0 Å². The van der Waals surface area contributed by atoms with Crippen LogP contribution in [0.1, 0.15) is 75.5 Å². The molecule has 3 saturated carbocycles. The van der Waals surface area contributed by atoms with Crippen LogP contribution in [0.15, 0.2) is 97.1 Å². The molecule has 5 aromatic rings. The van der Waals surface area contributed by atoms with E-state index in [1.54, 1.807) is 72.2 Å². The number of carbonyl (C=O) groups excluding carboxylic acids is 10. The number of anilines is 3. The number of likely N-dealkylation sites (N-methyl/N-ethyl adjacent to an activating group) is 2. The van der Waals surface area contributed by atoms with Crippen LogP contribution >= 0.6 is 31.0 Å². The summed E-state index contributed by atoms with van der Waals surface area (Å²) in [6.45, 7) is 11.6. The Bertz CT molecular complexity index is 4450. The molecule has 3 fully saturated rings. The third-order valence-electron chi connectivity index (χ3n) is 22.2. The van der Waals surface area contributed by atoms with Crippen molar-refractivity contribution >= 4 is 129 Å². The minimum atomic E-state index is -5.01. The lowest BCUT2D eigenvalue weighted by Crippen LogP contribution is -2.54. The summed E-state index contributed by atoms with van der Waals surface area (Å²) in [6.07, 6.45) is 1.30. The Labute approximate surface area is 669 Å². The Morgan fingerprint density at radius 2 is 1.09 bits per heavy atom. The summed E-state index contributed by atoms with van der Waals surface area (Å²) in [7, 11) is -1.97. The zero-order valence-electron chi connectivity index (χ0n) is 64.5. The number of amides is 11. The molecule has 8 N–H and O–H groups in total. The SMILES string of the molecule is CC(C)[C@H](NC(=O)CCOCCOCCOCCOCCOCCOCCN1C(=O)C=CC1=O)C(=O)N[C@@H](CCCNC(N)=O)C(=O)Nc1ccc(COC(=O)N(C)CCN(C)C(=O)Oc2cc3c(c4ccccc24)[C@H](CCl)CN3C(=O)C23C(C)C2C2(C(=O)N4C[C@@H](CCl)c5c4cc(OP(=O)(O)O)c4ccccc54)C(C)C32)cc1. The second-order valence-corrected chi connectivity index (χ2v) is 31.3. The maximum atomic E-state index is 15.5. The molecule has 616 valence electrons. The highest BCUT2D eigenvalue weighted by atomic mass is 35.5. The number of nitrogens with one attached hydrogen (secondary N) is 4. The minimum absolute atomic E-state index is 0.0244. The number of hydrogen-bond donors (Lipinski definition) is 7. The van der Waals surface area contributed by atoms with E-state index in [-0.39, 0.29) is 180 Å². The van der Waals surface area contributed by atoms with Crippen LogP contribution in [-0.4, -0.2) is 241 Å². The fourth-order valence-electron chi connectivity index (χ4n) is 16.6. The fourth-order valence-corrected chi connectivity index (χ4v) is 17.5. The monoisotopic (exact) mass is 1640 g/mol. The van der Waals surface area contributed by atoms with Crippen molar-refractivity contribution in [2.24, 2.45) is 46.2 Å². The van der Waals surface area contributed by atoms with Crippen LogP contribution in [0, 0.1) is 40.4 Å². The molecule has 3 aliphatic carbocycles. The van der Waals surface area contributed by atoms with Gasteiger partial charge in [0.05, 0.1) is 108 Å². The molecule has 32 nitrogen and oxygen atoms in total. The van der Waals surface area contributed by atoms with E-state index >= 15 is 9.59 Å². The molecule has 0 saturated heterocycles. The molecule has 0 bridgehead atoms. The topological polar surface area (TPSA) is 402 Å². The normalized spacial score (nSPS) is 21.3. The van der Waals surface area contributed by atoms with Crippen molar-refractivity contribution in [1.82, 2.24) is 30.7 Å². The zero-order valence-corrected chi connectivity index (χ0v) is 66.9. The van der Waals surface area contributed by atoms with E-state index in [0.717, 1.165) is 21.4 Å². The number of phosphoric acid groups is 1. The summed E-state index contributed by atoms with van der Waals surface area (Å²) in [5, 5.41) is 13.3. The van der Waals surface area contributed by atoms with E-state index in [4.69, 9.17) is 71.4 Å². The summed E-state index contributed by atoms with van der Waals surface area (Å²) >= 11 is 13.4. The predicted octanol–water partition coefficient (Wildman–Crippen LogP) is 7.15. The molecule has 11 rings (SSSR count). The molecular weight excluding hydrogens is 1540 g/mol. The van der Waals surface area contributed by atoms with Crippen LogP contribution in [0.5, 0.6) is 11.5 Å². The Morgan fingerprint density at radius 1 is 0.623 bits per heavy atom. The first-order chi connectivity index (χ1) is 54.7. The van der Waals surface area contributed by atoms with Crippen LogP contribution in [-0.2, 0) is 77.9 Å². The molecule has 3 heterocycles. The smallest absolute Gasteiger partial charge is 0.445 e. The third-order valence-corrected chi connectivity index (χ3v) is 23.3. The number of ether oxygens (including phenoxy) is 8. The first-order valence-electron chi connectivity index (χ1n) is 38.1. The number of rotatable bonds is 43. The summed E-state index contributed by atoms with van der Waals surface area (Å²) < 4.78 is 62.2. The van der Waals surface area contributed by atoms with Gasteiger partial charge in [0, 0.05) is 118 Å². The van der Waals surface area contributed by atoms with Gasteiger partial charge in [0.1, 0.15) is 30.2 Å². The van der Waals surface area contributed by atoms with Gasteiger partial charge in [0.15, 0.2) is 0 Å². The largest absolute Gasteiger partial charge is 0.524 e. The van der Waals surface area contributed by atoms with Crippen molar-refractivity contribution < 1.29 is 105 Å². The number of alkyl halides is 2. The van der Waals surface area contributed by atoms with Crippen LogP contribution in [0.25, 0.3) is 21.5 Å². The second kappa shape index (κ2) is 38.1. The second-order valence-electron chi connectivity index (χ2n) is 29.5. The predicted molar refractivity (Wildman–Crippen MR) is 420 cm³/mol. The van der Waals surface area contributed by atoms with E-state index in [1.807, 2.05) is 44.2 Å². The van der Waals surface area contributed by atoms with Gasteiger partial charge in [0.25, 0.3) is 11.8 Å². The van der Waals surface area contributed by atoms with E-state index in [1.165, 1.54) is 42.1 Å². The number of carbonyl (C=O) groups is 10. The maximum Gasteiger partial charge on any atom is 0.524 e. The lowest BCUT2D eigenvalue weighted by atomic mass is 9.72. The number of benzene rings is 5. The highest BCUT2D eigenvalue weighted by Gasteiger charge is 3.02. The molecule has 6 unspecified atom stereocenters. The third kappa shape index (κ3) is 19.1. The standard InChI is InChI=1S/C79H99Cl2N10O22P/c1-47(2)68(86-63(92)23-28-105-30-32-107-34-36-109-38-39-110-37-35-108-33-31-106-29-27-89-64(93)21-22-65(89)94)72(96)85-58(16-11-24-83-75(82)99)71(95)84-53-19-17-50(18-20-53)46-111-76(100)87(5)25-26-88(6)77(101)112-61-40-59-66(56-14-9-7-12-54(56)61)51(42-80)44-90(59)73(97)78-48(3)69(78)79(49(4)70(78)79)74(98)91-45-52(43-81)67-57-15-10-8-13-55(57)62(41-60(67)91)113-114(102,103)104/h7-10,12-15,17-22,40-41,47-49,51-52,58,68-70H,11,16,23-39,42-46H2,1-6H3,(H,84,95)(H,85,96)(H,86,92)(H3,82,83,99)(H2,102,103,104)/t48?,49?,51-,52-,58+,68+,69?,70?,78?,79?/m1/s1. The van der Waals surface area contributed by atoms with Gasteiger partial charge in [-0.3, -0.25) is 48.2 Å². The van der Waals surface area contributed by atoms with Crippen LogP contribution in [0.4, 0.5) is 31.4 Å². The average molecular weight is 1640 g/mol. The Hall–Kier alpha value is -9.05. The number of urea groups is 1. The molecule has 35 heteroatoms. The van der Waals surface area contributed by atoms with Crippen molar-refractivity contribution in [2.45, 2.75) is 77.5 Å². The van der Waals surface area contributed by atoms with Gasteiger partial charge in [-0.15, -0.1) is 23.2 Å². The van der Waals surface area contributed by atoms with Gasteiger partial charge in [-0.2, -0.15) is 0 Å².